The number of aryl methyl sites for hydroxylation is 1. The second kappa shape index (κ2) is 10.8. The Hall–Kier alpha value is -3.66. The first-order valence-corrected chi connectivity index (χ1v) is 13.1. The summed E-state index contributed by atoms with van der Waals surface area (Å²) >= 11 is 0. The number of aromatic nitrogens is 2. The molecule has 1 atom stereocenters. The molecule has 0 bridgehead atoms. The van der Waals surface area contributed by atoms with Crippen molar-refractivity contribution in [3.8, 4) is 5.75 Å². The third kappa shape index (κ3) is 5.30. The second-order valence-corrected chi connectivity index (χ2v) is 10.3. The van der Waals surface area contributed by atoms with Crippen molar-refractivity contribution in [2.45, 2.75) is 39.2 Å². The summed E-state index contributed by atoms with van der Waals surface area (Å²) in [5.74, 6) is 1.02. The lowest BCUT2D eigenvalue weighted by molar-refractivity contribution is -0.129. The topological polar surface area (TPSA) is 70.6 Å². The van der Waals surface area contributed by atoms with Gasteiger partial charge in [0.25, 0.3) is 6.43 Å². The molecule has 0 aliphatic carbocycles. The van der Waals surface area contributed by atoms with E-state index in [0.29, 0.717) is 37.8 Å². The minimum absolute atomic E-state index is 0.0645. The molecule has 2 aromatic carbocycles. The number of alkyl halides is 2. The van der Waals surface area contributed by atoms with Crippen molar-refractivity contribution in [1.29, 1.82) is 0 Å². The summed E-state index contributed by atoms with van der Waals surface area (Å²) in [7, 11) is 3.51. The molecule has 3 heterocycles. The highest BCUT2D eigenvalue weighted by Gasteiger charge is 2.27. The lowest BCUT2D eigenvalue weighted by Crippen LogP contribution is -2.38. The van der Waals surface area contributed by atoms with Crippen LogP contribution in [-0.4, -0.2) is 66.0 Å². The number of ether oxygens (including phenoxy) is 1. The third-order valence-corrected chi connectivity index (χ3v) is 7.36. The Morgan fingerprint density at radius 2 is 1.97 bits per heavy atom. The van der Waals surface area contributed by atoms with Gasteiger partial charge in [-0.2, -0.15) is 0 Å². The molecule has 0 fully saturated rings. The van der Waals surface area contributed by atoms with E-state index in [1.165, 1.54) is 12.1 Å². The third-order valence-electron chi connectivity index (χ3n) is 7.36. The minimum atomic E-state index is -2.90. The molecule has 3 aromatic rings. The number of carbonyl (C=O) groups excluding carboxylic acids is 1. The van der Waals surface area contributed by atoms with E-state index >= 15 is 0 Å². The average Bonchev–Trinajstić information content (AvgIpc) is 3.39. The Kier molecular flexibility index (Phi) is 7.48. The van der Waals surface area contributed by atoms with Crippen molar-refractivity contribution in [3.63, 3.8) is 0 Å². The average molecular weight is 540 g/mol. The Balaban J connectivity index is 1.52. The van der Waals surface area contributed by atoms with Crippen molar-refractivity contribution >= 4 is 28.2 Å². The first-order valence-electron chi connectivity index (χ1n) is 13.1. The Morgan fingerprint density at radius 3 is 2.67 bits per heavy atom. The fourth-order valence-electron chi connectivity index (χ4n) is 5.21. The molecule has 2 aliphatic rings. The van der Waals surface area contributed by atoms with Gasteiger partial charge in [-0.3, -0.25) is 9.69 Å². The number of benzene rings is 2. The number of carbonyl (C=O) groups is 1. The lowest BCUT2D eigenvalue weighted by Gasteiger charge is -2.27. The first kappa shape index (κ1) is 26.9. The molecule has 10 heteroatoms. The highest BCUT2D eigenvalue weighted by molar-refractivity contribution is 5.97. The maximum atomic E-state index is 14.9. The van der Waals surface area contributed by atoms with Gasteiger partial charge >= 0.3 is 0 Å². The van der Waals surface area contributed by atoms with E-state index in [1.54, 1.807) is 32.8 Å². The van der Waals surface area contributed by atoms with Gasteiger partial charge in [0.15, 0.2) is 0 Å². The van der Waals surface area contributed by atoms with Gasteiger partial charge in [-0.15, -0.1) is 0 Å². The van der Waals surface area contributed by atoms with E-state index < -0.39 is 23.8 Å². The van der Waals surface area contributed by atoms with E-state index in [0.717, 1.165) is 52.4 Å². The number of rotatable bonds is 7. The standard InChI is InChI=1S/C29H32F3N5O2/c1-16(19-6-5-7-20(25(19)30)28(31)32)33-29-23-14-22(18-8-11-37(12-9-18)15-24(38)36(3)4)27-21(10-13-39-27)26(23)34-17(2)35-29/h5-8,14,16,28H,9-13,15H2,1-4H3,(H,33,34,35)/t16-/m1/s1. The minimum Gasteiger partial charge on any atom is -0.492 e. The molecule has 0 saturated carbocycles. The van der Waals surface area contributed by atoms with E-state index in [2.05, 4.69) is 21.3 Å². The van der Waals surface area contributed by atoms with Crippen LogP contribution in [0.25, 0.3) is 16.5 Å². The molecule has 5 rings (SSSR count). The number of fused-ring (bicyclic) bond motifs is 3. The number of halogens is 3. The van der Waals surface area contributed by atoms with Crippen molar-refractivity contribution in [2.75, 3.05) is 45.7 Å². The van der Waals surface area contributed by atoms with Crippen molar-refractivity contribution in [2.24, 2.45) is 0 Å². The fraction of sp³-hybridized carbons (Fsp3) is 0.414. The van der Waals surface area contributed by atoms with E-state index in [9.17, 15) is 18.0 Å². The van der Waals surface area contributed by atoms with Gasteiger partial charge < -0.3 is 15.0 Å². The van der Waals surface area contributed by atoms with Gasteiger partial charge in [-0.25, -0.2) is 23.1 Å². The molecule has 2 aliphatic heterocycles. The zero-order valence-corrected chi connectivity index (χ0v) is 22.5. The quantitative estimate of drug-likeness (QED) is 0.440. The van der Waals surface area contributed by atoms with Gasteiger partial charge in [0.2, 0.25) is 5.91 Å². The maximum Gasteiger partial charge on any atom is 0.266 e. The zero-order chi connectivity index (χ0) is 27.8. The molecule has 206 valence electrons. The van der Waals surface area contributed by atoms with E-state index in [1.807, 2.05) is 6.07 Å². The molecule has 1 N–H and O–H groups in total. The molecule has 0 spiro atoms. The molecule has 1 aromatic heterocycles. The van der Waals surface area contributed by atoms with Gasteiger partial charge in [0.05, 0.1) is 30.3 Å². The van der Waals surface area contributed by atoms with Crippen LogP contribution < -0.4 is 10.1 Å². The lowest BCUT2D eigenvalue weighted by atomic mass is 9.93. The molecular weight excluding hydrogens is 507 g/mol. The van der Waals surface area contributed by atoms with Gasteiger partial charge in [0.1, 0.15) is 23.2 Å². The molecule has 0 unspecified atom stereocenters. The number of likely N-dealkylation sites (N-methyl/N-ethyl adjacent to an activating group) is 1. The van der Waals surface area contributed by atoms with Crippen LogP contribution in [0.4, 0.5) is 19.0 Å². The van der Waals surface area contributed by atoms with E-state index in [4.69, 9.17) is 9.72 Å². The van der Waals surface area contributed by atoms with Crippen LogP contribution in [0, 0.1) is 12.7 Å². The molecule has 0 radical (unpaired) electrons. The smallest absolute Gasteiger partial charge is 0.266 e. The summed E-state index contributed by atoms with van der Waals surface area (Å²) in [5.41, 5.74) is 3.38. The summed E-state index contributed by atoms with van der Waals surface area (Å²) in [6, 6.07) is 5.43. The monoisotopic (exact) mass is 539 g/mol. The van der Waals surface area contributed by atoms with Crippen LogP contribution in [0.1, 0.15) is 53.9 Å². The van der Waals surface area contributed by atoms with Crippen LogP contribution in [0.5, 0.6) is 5.75 Å². The number of nitrogens with one attached hydrogen (secondary N) is 1. The summed E-state index contributed by atoms with van der Waals surface area (Å²) in [4.78, 5) is 25.2. The van der Waals surface area contributed by atoms with E-state index in [-0.39, 0.29) is 11.5 Å². The first-order chi connectivity index (χ1) is 18.6. The number of hydrogen-bond acceptors (Lipinski definition) is 6. The number of anilines is 1. The highest BCUT2D eigenvalue weighted by Crippen LogP contribution is 2.42. The molecule has 7 nitrogen and oxygen atoms in total. The Bertz CT molecular complexity index is 1460. The van der Waals surface area contributed by atoms with Gasteiger partial charge in [-0.1, -0.05) is 24.3 Å². The molecule has 0 saturated heterocycles. The zero-order valence-electron chi connectivity index (χ0n) is 22.5. The molecular formula is C29H32F3N5O2. The number of nitrogens with zero attached hydrogens (tertiary/aromatic N) is 4. The summed E-state index contributed by atoms with van der Waals surface area (Å²) in [6.07, 6.45) is 0.683. The number of amides is 1. The summed E-state index contributed by atoms with van der Waals surface area (Å²) in [5, 5.41) is 4.03. The van der Waals surface area contributed by atoms with Gasteiger partial charge in [0, 0.05) is 55.7 Å². The number of hydrogen-bond donors (Lipinski definition) is 1. The normalized spacial score (nSPS) is 16.2. The predicted octanol–water partition coefficient (Wildman–Crippen LogP) is 5.30. The van der Waals surface area contributed by atoms with Crippen LogP contribution in [-0.2, 0) is 11.2 Å². The summed E-state index contributed by atoms with van der Waals surface area (Å²) < 4.78 is 47.6. The van der Waals surface area contributed by atoms with Crippen LogP contribution in [0.2, 0.25) is 0 Å². The van der Waals surface area contributed by atoms with Crippen LogP contribution in [0.3, 0.4) is 0 Å². The maximum absolute atomic E-state index is 14.9. The second-order valence-electron chi connectivity index (χ2n) is 10.3. The highest BCUT2D eigenvalue weighted by atomic mass is 19.3. The Morgan fingerprint density at radius 1 is 1.21 bits per heavy atom. The van der Waals surface area contributed by atoms with Gasteiger partial charge in [-0.05, 0) is 31.9 Å². The molecule has 39 heavy (non-hydrogen) atoms. The fourth-order valence-corrected chi connectivity index (χ4v) is 5.21. The van der Waals surface area contributed by atoms with Crippen LogP contribution in [0.15, 0.2) is 30.3 Å². The molecule has 1 amide bonds. The summed E-state index contributed by atoms with van der Waals surface area (Å²) in [6.45, 7) is 5.81. The van der Waals surface area contributed by atoms with Crippen molar-refractivity contribution in [1.82, 2.24) is 19.8 Å². The largest absolute Gasteiger partial charge is 0.492 e. The van der Waals surface area contributed by atoms with Crippen LogP contribution >= 0.6 is 0 Å². The predicted molar refractivity (Wildman–Crippen MR) is 145 cm³/mol. The van der Waals surface area contributed by atoms with Crippen molar-refractivity contribution in [3.05, 3.63) is 64.2 Å². The van der Waals surface area contributed by atoms with Crippen molar-refractivity contribution < 1.29 is 22.7 Å². The SMILES string of the molecule is Cc1nc(N[C@H](C)c2cccc(C(F)F)c2F)c2cc(C3=CCN(CC(=O)N(C)C)CC3)c3c(c2n1)CCO3. The Labute approximate surface area is 225 Å².